The van der Waals surface area contributed by atoms with E-state index in [1.54, 1.807) is 0 Å². The van der Waals surface area contributed by atoms with Gasteiger partial charge < -0.3 is 10.6 Å². The van der Waals surface area contributed by atoms with Crippen LogP contribution in [-0.2, 0) is 4.79 Å². The molecule has 2 N–H and O–H groups in total. The average molecular weight is 253 g/mol. The molecule has 2 fully saturated rings. The van der Waals surface area contributed by atoms with Crippen molar-refractivity contribution in [3.63, 3.8) is 0 Å². The third-order valence-corrected chi connectivity index (χ3v) is 4.36. The number of amides is 1. The number of nitrogens with one attached hydrogen (secondary N) is 2. The summed E-state index contributed by atoms with van der Waals surface area (Å²) in [4.78, 5) is 14.3. The first-order chi connectivity index (χ1) is 8.78. The molecule has 2 saturated heterocycles. The highest BCUT2D eigenvalue weighted by Crippen LogP contribution is 2.19. The number of likely N-dealkylation sites (tertiary alicyclic amines) is 1. The molecule has 104 valence electrons. The lowest BCUT2D eigenvalue weighted by atomic mass is 9.94. The summed E-state index contributed by atoms with van der Waals surface area (Å²) in [6.45, 7) is 7.13. The number of hydrogen-bond acceptors (Lipinski definition) is 3. The van der Waals surface area contributed by atoms with Crippen molar-refractivity contribution < 1.29 is 4.79 Å². The molecule has 0 aromatic carbocycles. The molecule has 0 bridgehead atoms. The summed E-state index contributed by atoms with van der Waals surface area (Å²) >= 11 is 0. The molecule has 2 heterocycles. The molecule has 2 aliphatic rings. The topological polar surface area (TPSA) is 44.4 Å². The van der Waals surface area contributed by atoms with Crippen LogP contribution in [0.15, 0.2) is 0 Å². The Labute approximate surface area is 110 Å². The quantitative estimate of drug-likeness (QED) is 0.785. The van der Waals surface area contributed by atoms with Crippen LogP contribution >= 0.6 is 0 Å². The number of carbonyl (C=O) groups excluding carboxylic acids is 1. The van der Waals surface area contributed by atoms with Gasteiger partial charge in [-0.1, -0.05) is 13.3 Å². The van der Waals surface area contributed by atoms with Gasteiger partial charge in [-0.25, -0.2) is 0 Å². The van der Waals surface area contributed by atoms with Crippen molar-refractivity contribution in [1.82, 2.24) is 15.5 Å². The van der Waals surface area contributed by atoms with Crippen LogP contribution in [0.1, 0.15) is 39.0 Å². The van der Waals surface area contributed by atoms with E-state index in [-0.39, 0.29) is 5.91 Å². The molecule has 4 heteroatoms. The van der Waals surface area contributed by atoms with Gasteiger partial charge in [0.1, 0.15) is 0 Å². The second-order valence-electron chi connectivity index (χ2n) is 5.72. The minimum Gasteiger partial charge on any atom is -0.352 e. The van der Waals surface area contributed by atoms with Gasteiger partial charge in [0.15, 0.2) is 0 Å². The average Bonchev–Trinajstić information content (AvgIpc) is 2.40. The molecule has 1 amide bonds. The normalized spacial score (nSPS) is 24.1. The molecule has 0 aliphatic carbocycles. The smallest absolute Gasteiger partial charge is 0.234 e. The Bertz CT molecular complexity index is 256. The van der Waals surface area contributed by atoms with Gasteiger partial charge in [-0.3, -0.25) is 9.69 Å². The minimum absolute atomic E-state index is 0.219. The summed E-state index contributed by atoms with van der Waals surface area (Å²) in [5.41, 5.74) is 0. The molecule has 18 heavy (non-hydrogen) atoms. The second kappa shape index (κ2) is 7.10. The van der Waals surface area contributed by atoms with E-state index in [4.69, 9.17) is 0 Å². The van der Waals surface area contributed by atoms with E-state index in [1.165, 1.54) is 19.3 Å². The largest absolute Gasteiger partial charge is 0.352 e. The Morgan fingerprint density at radius 3 is 2.50 bits per heavy atom. The lowest BCUT2D eigenvalue weighted by Gasteiger charge is -2.31. The van der Waals surface area contributed by atoms with Crippen molar-refractivity contribution in [3.05, 3.63) is 0 Å². The summed E-state index contributed by atoms with van der Waals surface area (Å²) in [6, 6.07) is 0.395. The van der Waals surface area contributed by atoms with Gasteiger partial charge in [0, 0.05) is 6.04 Å². The molecule has 0 spiro atoms. The summed E-state index contributed by atoms with van der Waals surface area (Å²) in [6.07, 6.45) is 5.96. The lowest BCUT2D eigenvalue weighted by molar-refractivity contribution is -0.123. The first-order valence-electron chi connectivity index (χ1n) is 7.50. The first kappa shape index (κ1) is 13.8. The second-order valence-corrected chi connectivity index (χ2v) is 5.72. The van der Waals surface area contributed by atoms with Crippen LogP contribution in [-0.4, -0.2) is 49.6 Å². The van der Waals surface area contributed by atoms with E-state index < -0.39 is 0 Å². The number of carbonyl (C=O) groups is 1. The maximum absolute atomic E-state index is 12.0. The van der Waals surface area contributed by atoms with Gasteiger partial charge >= 0.3 is 0 Å². The third-order valence-electron chi connectivity index (χ3n) is 4.36. The SMILES string of the molecule is CCC1CCN(CC(=O)NC2CCNCC2)CC1. The Kier molecular flexibility index (Phi) is 5.45. The first-order valence-corrected chi connectivity index (χ1v) is 7.50. The van der Waals surface area contributed by atoms with Gasteiger partial charge in [-0.15, -0.1) is 0 Å². The zero-order valence-corrected chi connectivity index (χ0v) is 11.6. The lowest BCUT2D eigenvalue weighted by Crippen LogP contribution is -2.47. The summed E-state index contributed by atoms with van der Waals surface area (Å²) < 4.78 is 0. The fourth-order valence-electron chi connectivity index (χ4n) is 3.00. The fraction of sp³-hybridized carbons (Fsp3) is 0.929. The molecule has 2 rings (SSSR count). The van der Waals surface area contributed by atoms with E-state index in [9.17, 15) is 4.79 Å². The van der Waals surface area contributed by atoms with Crippen molar-refractivity contribution in [2.24, 2.45) is 5.92 Å². The Morgan fingerprint density at radius 1 is 1.22 bits per heavy atom. The number of nitrogens with zero attached hydrogens (tertiary/aromatic N) is 1. The molecule has 0 saturated carbocycles. The van der Waals surface area contributed by atoms with Gasteiger partial charge in [-0.2, -0.15) is 0 Å². The molecule has 0 radical (unpaired) electrons. The van der Waals surface area contributed by atoms with Crippen molar-refractivity contribution in [1.29, 1.82) is 0 Å². The molecule has 2 aliphatic heterocycles. The zero-order valence-electron chi connectivity index (χ0n) is 11.6. The number of piperidine rings is 2. The Balaban J connectivity index is 1.65. The summed E-state index contributed by atoms with van der Waals surface area (Å²) in [7, 11) is 0. The predicted octanol–water partition coefficient (Wildman–Crippen LogP) is 0.977. The van der Waals surface area contributed by atoms with Gasteiger partial charge in [-0.05, 0) is 57.8 Å². The predicted molar refractivity (Wildman–Crippen MR) is 73.5 cm³/mol. The van der Waals surface area contributed by atoms with Gasteiger partial charge in [0.05, 0.1) is 6.54 Å². The highest BCUT2D eigenvalue weighted by Gasteiger charge is 2.21. The Morgan fingerprint density at radius 2 is 1.89 bits per heavy atom. The molecular formula is C14H27N3O. The number of rotatable bonds is 4. The van der Waals surface area contributed by atoms with Crippen LogP contribution in [0.4, 0.5) is 0 Å². The van der Waals surface area contributed by atoms with Crippen LogP contribution in [0, 0.1) is 5.92 Å². The highest BCUT2D eigenvalue weighted by molar-refractivity contribution is 5.78. The van der Waals surface area contributed by atoms with Crippen LogP contribution in [0.3, 0.4) is 0 Å². The van der Waals surface area contributed by atoms with Crippen molar-refractivity contribution >= 4 is 5.91 Å². The molecule has 0 aromatic heterocycles. The van der Waals surface area contributed by atoms with E-state index >= 15 is 0 Å². The van der Waals surface area contributed by atoms with E-state index in [2.05, 4.69) is 22.5 Å². The van der Waals surface area contributed by atoms with Crippen molar-refractivity contribution in [2.45, 2.75) is 45.1 Å². The standard InChI is InChI=1S/C14H27N3O/c1-2-12-5-9-17(10-6-12)11-14(18)16-13-3-7-15-8-4-13/h12-13,15H,2-11H2,1H3,(H,16,18). The molecule has 0 aromatic rings. The van der Waals surface area contributed by atoms with Crippen LogP contribution in [0.5, 0.6) is 0 Å². The van der Waals surface area contributed by atoms with E-state index in [1.807, 2.05) is 0 Å². The van der Waals surface area contributed by atoms with Gasteiger partial charge in [0.25, 0.3) is 0 Å². The van der Waals surface area contributed by atoms with Gasteiger partial charge in [0.2, 0.25) is 5.91 Å². The van der Waals surface area contributed by atoms with Crippen LogP contribution in [0.2, 0.25) is 0 Å². The maximum Gasteiger partial charge on any atom is 0.234 e. The fourth-order valence-corrected chi connectivity index (χ4v) is 3.00. The van der Waals surface area contributed by atoms with Crippen LogP contribution < -0.4 is 10.6 Å². The summed E-state index contributed by atoms with van der Waals surface area (Å²) in [5.74, 6) is 1.10. The molecule has 0 unspecified atom stereocenters. The minimum atomic E-state index is 0.219. The van der Waals surface area contributed by atoms with Crippen molar-refractivity contribution in [2.75, 3.05) is 32.7 Å². The molecular weight excluding hydrogens is 226 g/mol. The third kappa shape index (κ3) is 4.25. The molecule has 4 nitrogen and oxygen atoms in total. The number of hydrogen-bond donors (Lipinski definition) is 2. The summed E-state index contributed by atoms with van der Waals surface area (Å²) in [5, 5.41) is 6.49. The van der Waals surface area contributed by atoms with Crippen LogP contribution in [0.25, 0.3) is 0 Å². The van der Waals surface area contributed by atoms with E-state index in [0.717, 1.165) is 44.9 Å². The maximum atomic E-state index is 12.0. The zero-order chi connectivity index (χ0) is 12.8. The Hall–Kier alpha value is -0.610. The highest BCUT2D eigenvalue weighted by atomic mass is 16.2. The monoisotopic (exact) mass is 253 g/mol. The van der Waals surface area contributed by atoms with Crippen molar-refractivity contribution in [3.8, 4) is 0 Å². The van der Waals surface area contributed by atoms with E-state index in [0.29, 0.717) is 12.6 Å². The molecule has 0 atom stereocenters.